The van der Waals surface area contributed by atoms with Crippen LogP contribution < -0.4 is 10.2 Å². The third kappa shape index (κ3) is 3.78. The van der Waals surface area contributed by atoms with Crippen molar-refractivity contribution in [2.75, 3.05) is 23.3 Å². The van der Waals surface area contributed by atoms with E-state index < -0.39 is 0 Å². The number of rotatable bonds is 4. The second-order valence-corrected chi connectivity index (χ2v) is 6.85. The zero-order valence-electron chi connectivity index (χ0n) is 14.7. The molecule has 1 aliphatic heterocycles. The van der Waals surface area contributed by atoms with Crippen LogP contribution in [0, 0.1) is 19.8 Å². The molecule has 0 saturated carbocycles. The van der Waals surface area contributed by atoms with Gasteiger partial charge in [0, 0.05) is 35.7 Å². The number of amides is 1. The lowest BCUT2D eigenvalue weighted by Gasteiger charge is -2.32. The summed E-state index contributed by atoms with van der Waals surface area (Å²) in [6, 6.07) is 8.17. The number of aromatic amines is 1. The van der Waals surface area contributed by atoms with Crippen LogP contribution in [-0.4, -0.2) is 29.2 Å². The highest BCUT2D eigenvalue weighted by molar-refractivity contribution is 5.92. The minimum atomic E-state index is -0.0119. The van der Waals surface area contributed by atoms with Crippen LogP contribution >= 0.6 is 0 Å². The predicted molar refractivity (Wildman–Crippen MR) is 97.4 cm³/mol. The molecule has 0 unspecified atom stereocenters. The minimum Gasteiger partial charge on any atom is -0.372 e. The normalized spacial score (nSPS) is 15.5. The first-order chi connectivity index (χ1) is 11.5. The number of hydrogen-bond donors (Lipinski definition) is 2. The fourth-order valence-corrected chi connectivity index (χ4v) is 3.22. The van der Waals surface area contributed by atoms with Crippen molar-refractivity contribution in [3.05, 3.63) is 41.2 Å². The van der Waals surface area contributed by atoms with Gasteiger partial charge in [-0.15, -0.1) is 0 Å². The van der Waals surface area contributed by atoms with E-state index in [1.165, 1.54) is 18.5 Å². The largest absolute Gasteiger partial charge is 0.372 e. The van der Waals surface area contributed by atoms with Crippen LogP contribution in [0.1, 0.15) is 36.7 Å². The maximum absolute atomic E-state index is 12.2. The van der Waals surface area contributed by atoms with Crippen LogP contribution in [0.2, 0.25) is 0 Å². The van der Waals surface area contributed by atoms with Crippen molar-refractivity contribution in [2.45, 2.75) is 40.0 Å². The molecule has 2 heterocycles. The summed E-state index contributed by atoms with van der Waals surface area (Å²) in [7, 11) is 0. The highest BCUT2D eigenvalue weighted by Gasteiger charge is 2.16. The summed E-state index contributed by atoms with van der Waals surface area (Å²) < 4.78 is 0. The van der Waals surface area contributed by atoms with Crippen molar-refractivity contribution in [1.82, 2.24) is 10.2 Å². The number of piperidine rings is 1. The highest BCUT2D eigenvalue weighted by Crippen LogP contribution is 2.24. The SMILES string of the molecule is Cc1n[nH]c(C)c1CC(=O)Nc1ccc(N2CCC(C)CC2)cc1. The molecule has 24 heavy (non-hydrogen) atoms. The van der Waals surface area contributed by atoms with Crippen LogP contribution in [-0.2, 0) is 11.2 Å². The molecule has 1 aromatic heterocycles. The molecule has 1 aromatic carbocycles. The predicted octanol–water partition coefficient (Wildman–Crippen LogP) is 3.44. The molecule has 5 nitrogen and oxygen atoms in total. The van der Waals surface area contributed by atoms with Gasteiger partial charge in [-0.05, 0) is 56.9 Å². The van der Waals surface area contributed by atoms with E-state index in [1.54, 1.807) is 0 Å². The molecule has 0 aliphatic carbocycles. The Morgan fingerprint density at radius 1 is 1.25 bits per heavy atom. The first kappa shape index (κ1) is 16.6. The van der Waals surface area contributed by atoms with Gasteiger partial charge in [-0.2, -0.15) is 5.10 Å². The fraction of sp³-hybridized carbons (Fsp3) is 0.474. The molecule has 0 bridgehead atoms. The number of aryl methyl sites for hydroxylation is 2. The lowest BCUT2D eigenvalue weighted by molar-refractivity contribution is -0.115. The molecular weight excluding hydrogens is 300 g/mol. The van der Waals surface area contributed by atoms with Crippen molar-refractivity contribution >= 4 is 17.3 Å². The van der Waals surface area contributed by atoms with Crippen molar-refractivity contribution in [2.24, 2.45) is 5.92 Å². The van der Waals surface area contributed by atoms with Crippen LogP contribution in [0.5, 0.6) is 0 Å². The van der Waals surface area contributed by atoms with E-state index in [0.29, 0.717) is 6.42 Å². The van der Waals surface area contributed by atoms with Gasteiger partial charge in [0.2, 0.25) is 5.91 Å². The van der Waals surface area contributed by atoms with E-state index in [2.05, 4.69) is 39.5 Å². The van der Waals surface area contributed by atoms with Crippen molar-refractivity contribution in [3.63, 3.8) is 0 Å². The van der Waals surface area contributed by atoms with Gasteiger partial charge in [0.25, 0.3) is 0 Å². The van der Waals surface area contributed by atoms with Crippen molar-refractivity contribution < 1.29 is 4.79 Å². The molecule has 2 aromatic rings. The van der Waals surface area contributed by atoms with E-state index in [-0.39, 0.29) is 5.91 Å². The van der Waals surface area contributed by atoms with Crippen molar-refractivity contribution in [3.8, 4) is 0 Å². The monoisotopic (exact) mass is 326 g/mol. The summed E-state index contributed by atoms with van der Waals surface area (Å²) in [5.41, 5.74) is 4.90. The van der Waals surface area contributed by atoms with Gasteiger partial charge in [-0.1, -0.05) is 6.92 Å². The molecule has 5 heteroatoms. The Labute approximate surface area is 143 Å². The summed E-state index contributed by atoms with van der Waals surface area (Å²) in [6.45, 7) is 8.41. The Morgan fingerprint density at radius 2 is 1.92 bits per heavy atom. The first-order valence-corrected chi connectivity index (χ1v) is 8.68. The lowest BCUT2D eigenvalue weighted by atomic mass is 9.99. The van der Waals surface area contributed by atoms with Crippen LogP contribution in [0.15, 0.2) is 24.3 Å². The third-order valence-electron chi connectivity index (χ3n) is 4.92. The van der Waals surface area contributed by atoms with Crippen LogP contribution in [0.3, 0.4) is 0 Å². The van der Waals surface area contributed by atoms with E-state index in [1.807, 2.05) is 26.0 Å². The molecule has 1 saturated heterocycles. The van der Waals surface area contributed by atoms with E-state index in [9.17, 15) is 4.79 Å². The van der Waals surface area contributed by atoms with Crippen molar-refractivity contribution in [1.29, 1.82) is 0 Å². The highest BCUT2D eigenvalue weighted by atomic mass is 16.1. The number of aromatic nitrogens is 2. The molecular formula is C19H26N4O. The van der Waals surface area contributed by atoms with E-state index in [0.717, 1.165) is 41.6 Å². The smallest absolute Gasteiger partial charge is 0.228 e. The summed E-state index contributed by atoms with van der Waals surface area (Å²) in [5, 5.41) is 10.0. The van der Waals surface area contributed by atoms with Gasteiger partial charge in [0.1, 0.15) is 0 Å². The number of H-pyrrole nitrogens is 1. The van der Waals surface area contributed by atoms with Gasteiger partial charge in [-0.25, -0.2) is 0 Å². The number of benzene rings is 1. The fourth-order valence-electron chi connectivity index (χ4n) is 3.22. The Bertz CT molecular complexity index is 677. The van der Waals surface area contributed by atoms with Gasteiger partial charge in [-0.3, -0.25) is 9.89 Å². The summed E-state index contributed by atoms with van der Waals surface area (Å²) in [5.74, 6) is 0.816. The maximum atomic E-state index is 12.2. The molecule has 128 valence electrons. The standard InChI is InChI=1S/C19H26N4O/c1-13-8-10-23(11-9-13)17-6-4-16(5-7-17)20-19(24)12-18-14(2)21-22-15(18)3/h4-7,13H,8-12H2,1-3H3,(H,20,24)(H,21,22). The zero-order valence-corrected chi connectivity index (χ0v) is 14.7. The number of nitrogens with one attached hydrogen (secondary N) is 2. The van der Waals surface area contributed by atoms with Gasteiger partial charge in [0.15, 0.2) is 0 Å². The molecule has 1 aliphatic rings. The van der Waals surface area contributed by atoms with E-state index >= 15 is 0 Å². The molecule has 0 atom stereocenters. The van der Waals surface area contributed by atoms with Gasteiger partial charge < -0.3 is 10.2 Å². The number of anilines is 2. The first-order valence-electron chi connectivity index (χ1n) is 8.68. The molecule has 3 rings (SSSR count). The Morgan fingerprint density at radius 3 is 2.50 bits per heavy atom. The molecule has 0 spiro atoms. The average Bonchev–Trinajstić information content (AvgIpc) is 2.88. The van der Waals surface area contributed by atoms with Crippen LogP contribution in [0.4, 0.5) is 11.4 Å². The lowest BCUT2D eigenvalue weighted by Crippen LogP contribution is -2.32. The summed E-state index contributed by atoms with van der Waals surface area (Å²) in [6.07, 6.45) is 2.85. The van der Waals surface area contributed by atoms with Crippen LogP contribution in [0.25, 0.3) is 0 Å². The summed E-state index contributed by atoms with van der Waals surface area (Å²) >= 11 is 0. The van der Waals surface area contributed by atoms with Gasteiger partial charge in [0.05, 0.1) is 12.1 Å². The minimum absolute atomic E-state index is 0.0119. The Kier molecular flexibility index (Phi) is 4.88. The Hall–Kier alpha value is -2.30. The average molecular weight is 326 g/mol. The Balaban J connectivity index is 1.59. The summed E-state index contributed by atoms with van der Waals surface area (Å²) in [4.78, 5) is 14.7. The number of nitrogens with zero attached hydrogens (tertiary/aromatic N) is 2. The molecule has 1 fully saturated rings. The van der Waals surface area contributed by atoms with E-state index in [4.69, 9.17) is 0 Å². The third-order valence-corrected chi connectivity index (χ3v) is 4.92. The molecule has 0 radical (unpaired) electrons. The maximum Gasteiger partial charge on any atom is 0.228 e. The second-order valence-electron chi connectivity index (χ2n) is 6.85. The molecule has 1 amide bonds. The second kappa shape index (κ2) is 7.07. The number of carbonyl (C=O) groups is 1. The topological polar surface area (TPSA) is 61.0 Å². The number of carbonyl (C=O) groups excluding carboxylic acids is 1. The quantitative estimate of drug-likeness (QED) is 0.905. The molecule has 2 N–H and O–H groups in total. The van der Waals surface area contributed by atoms with Gasteiger partial charge >= 0.3 is 0 Å². The zero-order chi connectivity index (χ0) is 17.1. The number of hydrogen-bond acceptors (Lipinski definition) is 3.